The Balaban J connectivity index is 2.52. The lowest BCUT2D eigenvalue weighted by molar-refractivity contribution is 0.601. The maximum Gasteiger partial charge on any atom is 0.223 e. The van der Waals surface area contributed by atoms with Crippen LogP contribution in [0.3, 0.4) is 0 Å². The maximum absolute atomic E-state index is 6.01. The molecule has 0 spiro atoms. The van der Waals surface area contributed by atoms with Crippen molar-refractivity contribution in [2.75, 3.05) is 0 Å². The van der Waals surface area contributed by atoms with E-state index in [9.17, 15) is 0 Å². The third-order valence-corrected chi connectivity index (χ3v) is 2.85. The van der Waals surface area contributed by atoms with Gasteiger partial charge in [0.25, 0.3) is 0 Å². The number of nitrogens with zero attached hydrogens (tertiary/aromatic N) is 2. The smallest absolute Gasteiger partial charge is 0.223 e. The third-order valence-electron chi connectivity index (χ3n) is 2.36. The monoisotopic (exact) mass is 224 g/mol. The Hall–Kier alpha value is -0.535. The van der Waals surface area contributed by atoms with Gasteiger partial charge in [0, 0.05) is 5.70 Å². The van der Waals surface area contributed by atoms with E-state index < -0.39 is 0 Å². The summed E-state index contributed by atoms with van der Waals surface area (Å²) in [6.07, 6.45) is 3.83. The summed E-state index contributed by atoms with van der Waals surface area (Å²) in [5.74, 6) is 0.214. The Morgan fingerprint density at radius 3 is 2.79 bits per heavy atom. The van der Waals surface area contributed by atoms with Crippen LogP contribution in [-0.2, 0) is 0 Å². The van der Waals surface area contributed by atoms with Gasteiger partial charge in [-0.15, -0.1) is 0 Å². The molecule has 0 bridgehead atoms. The van der Waals surface area contributed by atoms with Crippen molar-refractivity contribution in [3.8, 4) is 0 Å². The summed E-state index contributed by atoms with van der Waals surface area (Å²) in [7, 11) is 5.79. The fraction of sp³-hybridized carbons (Fsp3) is 0.333. The van der Waals surface area contributed by atoms with Crippen molar-refractivity contribution in [2.24, 2.45) is 21.8 Å². The first-order valence-electron chi connectivity index (χ1n) is 4.25. The van der Waals surface area contributed by atoms with Crippen LogP contribution in [0.15, 0.2) is 33.3 Å². The fourth-order valence-electron chi connectivity index (χ4n) is 1.63. The molecule has 2 atom stereocenters. The molecular formula is C9H7BCl2N2. The molecule has 2 rings (SSSR count). The van der Waals surface area contributed by atoms with E-state index in [1.54, 1.807) is 0 Å². The lowest BCUT2D eigenvalue weighted by Crippen LogP contribution is -2.25. The lowest BCUT2D eigenvalue weighted by Gasteiger charge is -2.28. The highest BCUT2D eigenvalue weighted by Gasteiger charge is 2.30. The van der Waals surface area contributed by atoms with Gasteiger partial charge in [0.15, 0.2) is 0 Å². The summed E-state index contributed by atoms with van der Waals surface area (Å²) < 4.78 is 0. The summed E-state index contributed by atoms with van der Waals surface area (Å²) in [4.78, 5) is 8.03. The van der Waals surface area contributed by atoms with Crippen molar-refractivity contribution in [2.45, 2.75) is 6.92 Å². The largest absolute Gasteiger partial charge is 0.223 e. The van der Waals surface area contributed by atoms with Crippen molar-refractivity contribution < 1.29 is 0 Å². The minimum Gasteiger partial charge on any atom is -0.223 e. The second-order valence-electron chi connectivity index (χ2n) is 3.35. The van der Waals surface area contributed by atoms with Gasteiger partial charge in [-0.25, -0.2) is 9.98 Å². The number of hydrogen-bond donors (Lipinski definition) is 0. The van der Waals surface area contributed by atoms with Crippen LogP contribution in [0.5, 0.6) is 0 Å². The van der Waals surface area contributed by atoms with E-state index in [2.05, 4.69) is 9.98 Å². The van der Waals surface area contributed by atoms with Crippen LogP contribution in [0.4, 0.5) is 0 Å². The predicted octanol–water partition coefficient (Wildman–Crippen LogP) is 2.43. The third kappa shape index (κ3) is 1.55. The molecule has 0 fully saturated rings. The highest BCUT2D eigenvalue weighted by Crippen LogP contribution is 2.34. The first-order valence-corrected chi connectivity index (χ1v) is 5.01. The zero-order chi connectivity index (χ0) is 10.3. The van der Waals surface area contributed by atoms with Gasteiger partial charge >= 0.3 is 0 Å². The Morgan fingerprint density at radius 1 is 1.36 bits per heavy atom. The normalized spacial score (nSPS) is 31.1. The highest BCUT2D eigenvalue weighted by molar-refractivity contribution is 6.72. The molecule has 0 aromatic heterocycles. The first-order chi connectivity index (χ1) is 6.59. The molecule has 0 N–H and O–H groups in total. The number of rotatable bonds is 0. The van der Waals surface area contributed by atoms with Gasteiger partial charge < -0.3 is 0 Å². The second kappa shape index (κ2) is 3.56. The molecule has 0 saturated carbocycles. The molecule has 2 aliphatic rings. The highest BCUT2D eigenvalue weighted by atomic mass is 35.5. The van der Waals surface area contributed by atoms with Gasteiger partial charge in [-0.3, -0.25) is 0 Å². The van der Waals surface area contributed by atoms with E-state index in [1.165, 1.54) is 0 Å². The van der Waals surface area contributed by atoms with Crippen molar-refractivity contribution in [1.29, 1.82) is 0 Å². The summed E-state index contributed by atoms with van der Waals surface area (Å²) in [5, 5.41) is 0.603. The van der Waals surface area contributed by atoms with Crippen LogP contribution < -0.4 is 0 Å². The van der Waals surface area contributed by atoms with Crippen LogP contribution in [0.1, 0.15) is 6.92 Å². The molecule has 70 valence electrons. The minimum atomic E-state index is -0.0378. The number of fused-ring (bicyclic) bond motifs is 1. The van der Waals surface area contributed by atoms with Crippen molar-refractivity contribution in [3.05, 3.63) is 23.3 Å². The van der Waals surface area contributed by atoms with E-state index in [0.717, 1.165) is 5.70 Å². The SMILES string of the molecule is [B]C1=C2N=C(Cl)N=C(Cl)C2C(C)C=C1. The topological polar surface area (TPSA) is 24.7 Å². The number of aliphatic imine (C=N–C) groups is 2. The Kier molecular flexibility index (Phi) is 2.54. The number of halogens is 2. The molecule has 1 aliphatic carbocycles. The Bertz CT molecular complexity index is 396. The summed E-state index contributed by atoms with van der Waals surface area (Å²) in [6, 6.07) is 0. The van der Waals surface area contributed by atoms with Crippen molar-refractivity contribution >= 4 is 41.5 Å². The molecule has 2 radical (unpaired) electrons. The van der Waals surface area contributed by atoms with Crippen molar-refractivity contribution in [1.82, 2.24) is 0 Å². The van der Waals surface area contributed by atoms with Gasteiger partial charge in [-0.1, -0.05) is 36.1 Å². The van der Waals surface area contributed by atoms with E-state index in [4.69, 9.17) is 31.0 Å². The van der Waals surface area contributed by atoms with Crippen LogP contribution in [0.25, 0.3) is 0 Å². The predicted molar refractivity (Wildman–Crippen MR) is 61.2 cm³/mol. The molecule has 5 heteroatoms. The van der Waals surface area contributed by atoms with E-state index in [-0.39, 0.29) is 17.1 Å². The Labute approximate surface area is 93.8 Å². The van der Waals surface area contributed by atoms with Gasteiger partial charge in [0.2, 0.25) is 5.29 Å². The Morgan fingerprint density at radius 2 is 2.07 bits per heavy atom. The van der Waals surface area contributed by atoms with Crippen molar-refractivity contribution in [3.63, 3.8) is 0 Å². The van der Waals surface area contributed by atoms with Crippen LogP contribution in [0.2, 0.25) is 0 Å². The molecule has 0 saturated heterocycles. The molecule has 14 heavy (non-hydrogen) atoms. The molecule has 0 amide bonds. The van der Waals surface area contributed by atoms with Gasteiger partial charge in [-0.2, -0.15) is 0 Å². The van der Waals surface area contributed by atoms with Gasteiger partial charge in [0.1, 0.15) is 13.0 Å². The summed E-state index contributed by atoms with van der Waals surface area (Å²) in [6.45, 7) is 2.04. The maximum atomic E-state index is 6.01. The number of amidine groups is 1. The molecular weight excluding hydrogens is 218 g/mol. The first kappa shape index (κ1) is 10.00. The van der Waals surface area contributed by atoms with Crippen LogP contribution in [0, 0.1) is 11.8 Å². The molecule has 0 aromatic rings. The van der Waals surface area contributed by atoms with Crippen LogP contribution >= 0.6 is 23.2 Å². The molecule has 1 heterocycles. The zero-order valence-corrected chi connectivity index (χ0v) is 9.05. The van der Waals surface area contributed by atoms with E-state index in [1.807, 2.05) is 19.1 Å². The average molecular weight is 225 g/mol. The molecule has 1 aliphatic heterocycles. The van der Waals surface area contributed by atoms with E-state index >= 15 is 0 Å². The quantitative estimate of drug-likeness (QED) is 0.446. The van der Waals surface area contributed by atoms with Crippen LogP contribution in [-0.4, -0.2) is 18.3 Å². The molecule has 2 nitrogen and oxygen atoms in total. The van der Waals surface area contributed by atoms with E-state index in [0.29, 0.717) is 10.6 Å². The molecule has 2 unspecified atom stereocenters. The number of hydrogen-bond acceptors (Lipinski definition) is 2. The number of allylic oxidation sites excluding steroid dienone is 4. The van der Waals surface area contributed by atoms with Gasteiger partial charge in [-0.05, 0) is 17.5 Å². The summed E-state index contributed by atoms with van der Waals surface area (Å²) in [5.41, 5.74) is 1.34. The fourth-order valence-corrected chi connectivity index (χ4v) is 2.23. The summed E-state index contributed by atoms with van der Waals surface area (Å²) >= 11 is 11.7. The molecule has 0 aromatic carbocycles. The van der Waals surface area contributed by atoms with Gasteiger partial charge in [0.05, 0.1) is 5.92 Å². The second-order valence-corrected chi connectivity index (χ2v) is 4.08. The average Bonchev–Trinajstić information content (AvgIpc) is 2.10. The standard InChI is InChI=1S/C9H7BCl2N2/c1-4-2-3-5(10)7-6(4)8(11)14-9(12)13-7/h2-4,6H,1H3. The lowest BCUT2D eigenvalue weighted by atomic mass is 9.78. The zero-order valence-electron chi connectivity index (χ0n) is 7.54. The minimum absolute atomic E-state index is 0.0378.